The molecule has 3 rings (SSSR count). The molecule has 0 aliphatic carbocycles. The van der Waals surface area contributed by atoms with Gasteiger partial charge in [-0.25, -0.2) is 0 Å². The highest BCUT2D eigenvalue weighted by atomic mass is 32.2. The molecular formula is C12H14S4. The zero-order valence-electron chi connectivity index (χ0n) is 8.93. The molecule has 4 heteroatoms. The second-order valence-electron chi connectivity index (χ2n) is 3.78. The van der Waals surface area contributed by atoms with E-state index in [1.165, 1.54) is 23.0 Å². The van der Waals surface area contributed by atoms with Crippen molar-refractivity contribution in [2.75, 3.05) is 23.0 Å². The summed E-state index contributed by atoms with van der Waals surface area (Å²) in [6.07, 6.45) is 0. The van der Waals surface area contributed by atoms with Gasteiger partial charge in [-0.05, 0) is 11.1 Å². The fraction of sp³-hybridized carbons (Fsp3) is 0.500. The molecule has 0 N–H and O–H groups in total. The van der Waals surface area contributed by atoms with Crippen LogP contribution in [0.5, 0.6) is 0 Å². The molecule has 0 radical (unpaired) electrons. The Morgan fingerprint density at radius 2 is 1.06 bits per heavy atom. The third-order valence-corrected chi connectivity index (χ3v) is 8.88. The maximum atomic E-state index is 2.34. The van der Waals surface area contributed by atoms with Crippen LogP contribution < -0.4 is 0 Å². The third-order valence-electron chi connectivity index (χ3n) is 2.75. The van der Waals surface area contributed by atoms with Crippen molar-refractivity contribution in [1.29, 1.82) is 0 Å². The third kappa shape index (κ3) is 2.40. The van der Waals surface area contributed by atoms with Crippen molar-refractivity contribution in [2.45, 2.75) is 9.16 Å². The fourth-order valence-electron chi connectivity index (χ4n) is 2.02. The van der Waals surface area contributed by atoms with E-state index in [1.54, 1.807) is 11.1 Å². The Kier molecular flexibility index (Phi) is 4.03. The van der Waals surface area contributed by atoms with Gasteiger partial charge in [0.15, 0.2) is 0 Å². The van der Waals surface area contributed by atoms with Gasteiger partial charge in [-0.3, -0.25) is 0 Å². The molecular weight excluding hydrogens is 272 g/mol. The predicted molar refractivity (Wildman–Crippen MR) is 81.8 cm³/mol. The molecule has 2 fully saturated rings. The van der Waals surface area contributed by atoms with Gasteiger partial charge in [0.25, 0.3) is 0 Å². The van der Waals surface area contributed by atoms with Gasteiger partial charge in [-0.15, -0.1) is 47.0 Å². The lowest BCUT2D eigenvalue weighted by atomic mass is 10.1. The molecule has 86 valence electrons. The monoisotopic (exact) mass is 286 g/mol. The molecule has 2 aliphatic rings. The number of thioether (sulfide) groups is 4. The Bertz CT molecular complexity index is 319. The minimum absolute atomic E-state index is 0.693. The average molecular weight is 287 g/mol. The summed E-state index contributed by atoms with van der Waals surface area (Å²) in [7, 11) is 0. The minimum atomic E-state index is 0.693. The van der Waals surface area contributed by atoms with Crippen LogP contribution in [0, 0.1) is 0 Å². The van der Waals surface area contributed by atoms with Crippen LogP contribution in [0.4, 0.5) is 0 Å². The summed E-state index contributed by atoms with van der Waals surface area (Å²) < 4.78 is 1.39. The normalized spacial score (nSPS) is 23.0. The standard InChI is InChI=1S/C12H14S4/c1-2-4-10(12-15-7-8-16-12)9(3-1)11-13-5-6-14-11/h1-4,11-12H,5-8H2. The van der Waals surface area contributed by atoms with Crippen LogP contribution in [-0.2, 0) is 0 Å². The summed E-state index contributed by atoms with van der Waals surface area (Å²) in [5.41, 5.74) is 3.17. The fourth-order valence-corrected chi connectivity index (χ4v) is 7.91. The maximum Gasteiger partial charge on any atom is 0.0755 e. The first-order valence-corrected chi connectivity index (χ1v) is 9.70. The number of hydrogen-bond donors (Lipinski definition) is 0. The van der Waals surface area contributed by atoms with Gasteiger partial charge in [0.05, 0.1) is 9.16 Å². The van der Waals surface area contributed by atoms with Crippen LogP contribution in [0.15, 0.2) is 24.3 Å². The molecule has 2 saturated heterocycles. The average Bonchev–Trinajstić information content (AvgIpc) is 3.03. The first kappa shape index (κ1) is 11.7. The van der Waals surface area contributed by atoms with E-state index in [0.29, 0.717) is 9.16 Å². The highest BCUT2D eigenvalue weighted by Crippen LogP contribution is 2.52. The quantitative estimate of drug-likeness (QED) is 0.776. The Morgan fingerprint density at radius 3 is 1.44 bits per heavy atom. The van der Waals surface area contributed by atoms with Gasteiger partial charge in [-0.1, -0.05) is 24.3 Å². The van der Waals surface area contributed by atoms with Crippen molar-refractivity contribution < 1.29 is 0 Å². The van der Waals surface area contributed by atoms with Crippen molar-refractivity contribution >= 4 is 47.0 Å². The Labute approximate surface area is 114 Å². The van der Waals surface area contributed by atoms with Gasteiger partial charge < -0.3 is 0 Å². The first-order chi connectivity index (χ1) is 7.95. The van der Waals surface area contributed by atoms with E-state index in [-0.39, 0.29) is 0 Å². The summed E-state index contributed by atoms with van der Waals surface area (Å²) in [5.74, 6) is 5.26. The van der Waals surface area contributed by atoms with E-state index in [1.807, 2.05) is 0 Å². The maximum absolute atomic E-state index is 2.34. The molecule has 0 spiro atoms. The number of rotatable bonds is 2. The van der Waals surface area contributed by atoms with Crippen molar-refractivity contribution in [3.63, 3.8) is 0 Å². The summed E-state index contributed by atoms with van der Waals surface area (Å²) in [6, 6.07) is 9.07. The lowest BCUT2D eigenvalue weighted by molar-refractivity contribution is 1.26. The van der Waals surface area contributed by atoms with E-state index in [2.05, 4.69) is 71.3 Å². The summed E-state index contributed by atoms with van der Waals surface area (Å²) in [6.45, 7) is 0. The van der Waals surface area contributed by atoms with Crippen LogP contribution >= 0.6 is 47.0 Å². The smallest absolute Gasteiger partial charge is 0.0755 e. The molecule has 0 unspecified atom stereocenters. The summed E-state index contributed by atoms with van der Waals surface area (Å²) in [5, 5.41) is 0. The van der Waals surface area contributed by atoms with Gasteiger partial charge >= 0.3 is 0 Å². The molecule has 2 heterocycles. The van der Waals surface area contributed by atoms with Crippen LogP contribution in [0.2, 0.25) is 0 Å². The van der Waals surface area contributed by atoms with Crippen molar-refractivity contribution in [2.24, 2.45) is 0 Å². The zero-order valence-corrected chi connectivity index (χ0v) is 12.2. The largest absolute Gasteiger partial charge is 0.142 e. The van der Waals surface area contributed by atoms with Crippen LogP contribution in [0.1, 0.15) is 20.3 Å². The van der Waals surface area contributed by atoms with E-state index in [0.717, 1.165) is 0 Å². The molecule has 0 amide bonds. The van der Waals surface area contributed by atoms with Gasteiger partial charge in [0, 0.05) is 23.0 Å². The second kappa shape index (κ2) is 5.51. The number of hydrogen-bond acceptors (Lipinski definition) is 4. The Morgan fingerprint density at radius 1 is 0.688 bits per heavy atom. The van der Waals surface area contributed by atoms with E-state index >= 15 is 0 Å². The second-order valence-corrected chi connectivity index (χ2v) is 9.22. The molecule has 0 bridgehead atoms. The van der Waals surface area contributed by atoms with Crippen LogP contribution in [-0.4, -0.2) is 23.0 Å². The molecule has 16 heavy (non-hydrogen) atoms. The van der Waals surface area contributed by atoms with E-state index < -0.39 is 0 Å². The predicted octanol–water partition coefficient (Wildman–Crippen LogP) is 4.64. The van der Waals surface area contributed by atoms with E-state index in [9.17, 15) is 0 Å². The SMILES string of the molecule is c1ccc(C2SCCS2)c(C2SCCS2)c1. The van der Waals surface area contributed by atoms with Crippen LogP contribution in [0.25, 0.3) is 0 Å². The summed E-state index contributed by atoms with van der Waals surface area (Å²) >= 11 is 8.45. The highest BCUT2D eigenvalue weighted by Gasteiger charge is 2.26. The summed E-state index contributed by atoms with van der Waals surface area (Å²) in [4.78, 5) is 0. The minimum Gasteiger partial charge on any atom is -0.142 e. The zero-order chi connectivity index (χ0) is 10.8. The molecule has 1 aromatic rings. The number of benzene rings is 1. The molecule has 1 aromatic carbocycles. The van der Waals surface area contributed by atoms with Crippen molar-refractivity contribution in [3.05, 3.63) is 35.4 Å². The lowest BCUT2D eigenvalue weighted by Crippen LogP contribution is -1.95. The molecule has 0 saturated carbocycles. The van der Waals surface area contributed by atoms with Crippen molar-refractivity contribution in [1.82, 2.24) is 0 Å². The lowest BCUT2D eigenvalue weighted by Gasteiger charge is -2.17. The van der Waals surface area contributed by atoms with Gasteiger partial charge in [0.1, 0.15) is 0 Å². The van der Waals surface area contributed by atoms with Gasteiger partial charge in [0.2, 0.25) is 0 Å². The molecule has 0 atom stereocenters. The Hall–Kier alpha value is 0.620. The Balaban J connectivity index is 1.90. The highest BCUT2D eigenvalue weighted by molar-refractivity contribution is 8.20. The topological polar surface area (TPSA) is 0 Å². The van der Waals surface area contributed by atoms with Gasteiger partial charge in [-0.2, -0.15) is 0 Å². The van der Waals surface area contributed by atoms with Crippen LogP contribution in [0.3, 0.4) is 0 Å². The van der Waals surface area contributed by atoms with Crippen molar-refractivity contribution in [3.8, 4) is 0 Å². The molecule has 0 aromatic heterocycles. The molecule has 2 aliphatic heterocycles. The molecule has 0 nitrogen and oxygen atoms in total. The van der Waals surface area contributed by atoms with E-state index in [4.69, 9.17) is 0 Å². The first-order valence-electron chi connectivity index (χ1n) is 5.50.